The summed E-state index contributed by atoms with van der Waals surface area (Å²) in [5, 5.41) is 14.6. The van der Waals surface area contributed by atoms with Gasteiger partial charge in [0.05, 0.1) is 11.8 Å². The minimum atomic E-state index is -0.751. The van der Waals surface area contributed by atoms with Crippen LogP contribution in [0.3, 0.4) is 0 Å². The first-order valence-electron chi connectivity index (χ1n) is 14.1. The Hall–Kier alpha value is -3.00. The highest BCUT2D eigenvalue weighted by molar-refractivity contribution is 5.96. The fraction of sp³-hybridized carbons (Fsp3) is 0.600. The number of carbonyl (C=O) groups excluding carboxylic acids is 1. The summed E-state index contributed by atoms with van der Waals surface area (Å²) in [5.74, 6) is 3.43. The van der Waals surface area contributed by atoms with E-state index in [0.717, 1.165) is 80.1 Å². The molecule has 0 saturated heterocycles. The fourth-order valence-corrected chi connectivity index (χ4v) is 7.12. The van der Waals surface area contributed by atoms with Crippen LogP contribution in [-0.2, 0) is 10.2 Å². The lowest BCUT2D eigenvalue weighted by atomic mass is 9.53. The quantitative estimate of drug-likeness (QED) is 0.430. The maximum absolute atomic E-state index is 13.9. The first-order chi connectivity index (χ1) is 18.2. The third-order valence-electron chi connectivity index (χ3n) is 9.75. The second-order valence-electron chi connectivity index (χ2n) is 12.9. The van der Waals surface area contributed by atoms with Gasteiger partial charge in [0.15, 0.2) is 5.82 Å². The standard InChI is InChI=1S/C30H36N4O4/c1-19-17-31-27(37-19)30-11-8-29(9-12-30,10-13-30)18-34(26(35)22-15-28(2,36)16-22)23-5-3-4-21(14-23)25-32-24(33-38-25)20-6-7-20/h3-5,14,17,20,22,36H,6-13,15-16,18H2,1-2H3. The molecule has 5 aliphatic rings. The van der Waals surface area contributed by atoms with Gasteiger partial charge in [0.2, 0.25) is 11.8 Å². The lowest BCUT2D eigenvalue weighted by Crippen LogP contribution is -2.54. The van der Waals surface area contributed by atoms with Gasteiger partial charge < -0.3 is 18.9 Å². The minimum Gasteiger partial charge on any atom is -0.445 e. The van der Waals surface area contributed by atoms with Gasteiger partial charge in [0.1, 0.15) is 5.76 Å². The number of hydrogen-bond acceptors (Lipinski definition) is 7. The SMILES string of the molecule is Cc1cnc(C23CCC(CN(C(=O)C4CC(C)(O)C4)c4cccc(-c5nc(C6CC6)no5)c4)(CC2)CC3)o1. The zero-order valence-corrected chi connectivity index (χ0v) is 22.3. The normalized spacial score (nSPS) is 32.2. The van der Waals surface area contributed by atoms with Crippen molar-refractivity contribution in [2.24, 2.45) is 11.3 Å². The first kappa shape index (κ1) is 24.1. The van der Waals surface area contributed by atoms with Gasteiger partial charge in [-0.2, -0.15) is 4.98 Å². The summed E-state index contributed by atoms with van der Waals surface area (Å²) in [6.45, 7) is 4.46. The lowest BCUT2D eigenvalue weighted by molar-refractivity contribution is -0.137. The van der Waals surface area contributed by atoms with Crippen LogP contribution >= 0.6 is 0 Å². The zero-order valence-electron chi connectivity index (χ0n) is 22.3. The molecular formula is C30H36N4O4. The van der Waals surface area contributed by atoms with Gasteiger partial charge in [-0.1, -0.05) is 11.2 Å². The summed E-state index contributed by atoms with van der Waals surface area (Å²) in [4.78, 5) is 25.2. The van der Waals surface area contributed by atoms with E-state index in [1.807, 2.05) is 49.2 Å². The molecule has 8 heteroatoms. The molecule has 8 rings (SSSR count). The Morgan fingerprint density at radius 1 is 1.13 bits per heavy atom. The molecule has 5 fully saturated rings. The van der Waals surface area contributed by atoms with Crippen molar-refractivity contribution in [2.75, 3.05) is 11.4 Å². The van der Waals surface area contributed by atoms with Crippen molar-refractivity contribution in [3.63, 3.8) is 0 Å². The average molecular weight is 517 g/mol. The van der Waals surface area contributed by atoms with Crippen LogP contribution in [0.25, 0.3) is 11.5 Å². The van der Waals surface area contributed by atoms with E-state index in [2.05, 4.69) is 15.1 Å². The highest BCUT2D eigenvalue weighted by Gasteiger charge is 2.53. The Balaban J connectivity index is 1.16. The molecule has 0 atom stereocenters. The van der Waals surface area contributed by atoms with Crippen molar-refractivity contribution >= 4 is 11.6 Å². The Morgan fingerprint density at radius 2 is 1.87 bits per heavy atom. The number of carbonyl (C=O) groups is 1. The Kier molecular flexibility index (Phi) is 5.38. The monoisotopic (exact) mass is 516 g/mol. The van der Waals surface area contributed by atoms with E-state index < -0.39 is 5.60 Å². The van der Waals surface area contributed by atoms with Crippen LogP contribution < -0.4 is 4.90 Å². The molecule has 5 aliphatic carbocycles. The van der Waals surface area contributed by atoms with E-state index >= 15 is 0 Å². The van der Waals surface area contributed by atoms with E-state index in [9.17, 15) is 9.90 Å². The van der Waals surface area contributed by atoms with Crippen molar-refractivity contribution in [3.05, 3.63) is 47.9 Å². The molecule has 0 unspecified atom stereocenters. The van der Waals surface area contributed by atoms with Crippen molar-refractivity contribution in [1.82, 2.24) is 15.1 Å². The maximum Gasteiger partial charge on any atom is 0.258 e. The lowest BCUT2D eigenvalue weighted by Gasteiger charge is -2.54. The number of rotatable bonds is 7. The number of oxazole rings is 1. The van der Waals surface area contributed by atoms with Gasteiger partial charge in [-0.25, -0.2) is 4.98 Å². The second-order valence-corrected chi connectivity index (χ2v) is 12.9. The number of anilines is 1. The van der Waals surface area contributed by atoms with Crippen molar-refractivity contribution < 1.29 is 18.8 Å². The number of benzene rings is 1. The molecule has 2 heterocycles. The molecule has 1 aromatic carbocycles. The Morgan fingerprint density at radius 3 is 2.50 bits per heavy atom. The highest BCUT2D eigenvalue weighted by Crippen LogP contribution is 2.58. The predicted octanol–water partition coefficient (Wildman–Crippen LogP) is 5.70. The summed E-state index contributed by atoms with van der Waals surface area (Å²) in [7, 11) is 0. The van der Waals surface area contributed by atoms with Gasteiger partial charge in [-0.3, -0.25) is 4.79 Å². The maximum atomic E-state index is 13.9. The molecule has 1 N–H and O–H groups in total. The number of fused-ring (bicyclic) bond motifs is 3. The summed E-state index contributed by atoms with van der Waals surface area (Å²) < 4.78 is 11.6. The van der Waals surface area contributed by atoms with Crippen molar-refractivity contribution in [2.45, 2.75) is 95.0 Å². The van der Waals surface area contributed by atoms with Crippen LogP contribution in [0.1, 0.15) is 94.5 Å². The van der Waals surface area contributed by atoms with Crippen LogP contribution in [-0.4, -0.2) is 38.3 Å². The van der Waals surface area contributed by atoms with E-state index in [1.54, 1.807) is 0 Å². The van der Waals surface area contributed by atoms with E-state index in [0.29, 0.717) is 31.2 Å². The molecule has 0 radical (unpaired) electrons. The van der Waals surface area contributed by atoms with E-state index in [-0.39, 0.29) is 22.7 Å². The first-order valence-corrected chi connectivity index (χ1v) is 14.1. The van der Waals surface area contributed by atoms with Gasteiger partial charge in [-0.15, -0.1) is 0 Å². The molecule has 0 spiro atoms. The third-order valence-corrected chi connectivity index (χ3v) is 9.75. The van der Waals surface area contributed by atoms with Crippen molar-refractivity contribution in [3.8, 4) is 11.5 Å². The molecule has 0 aliphatic heterocycles. The molecule has 38 heavy (non-hydrogen) atoms. The number of aliphatic hydroxyl groups is 1. The number of amides is 1. The minimum absolute atomic E-state index is 0.0364. The summed E-state index contributed by atoms with van der Waals surface area (Å²) >= 11 is 0. The molecule has 2 aromatic heterocycles. The van der Waals surface area contributed by atoms with Gasteiger partial charge in [0, 0.05) is 35.0 Å². The average Bonchev–Trinajstić information content (AvgIpc) is 3.46. The molecule has 200 valence electrons. The largest absolute Gasteiger partial charge is 0.445 e. The second kappa shape index (κ2) is 8.50. The van der Waals surface area contributed by atoms with Crippen LogP contribution in [0.15, 0.2) is 39.4 Å². The van der Waals surface area contributed by atoms with Crippen LogP contribution in [0.4, 0.5) is 5.69 Å². The van der Waals surface area contributed by atoms with Crippen LogP contribution in [0, 0.1) is 18.3 Å². The zero-order chi connectivity index (χ0) is 26.1. The smallest absolute Gasteiger partial charge is 0.258 e. The van der Waals surface area contributed by atoms with Gasteiger partial charge in [-0.05, 0) is 102 Å². The third kappa shape index (κ3) is 4.17. The van der Waals surface area contributed by atoms with Crippen LogP contribution in [0.5, 0.6) is 0 Å². The predicted molar refractivity (Wildman–Crippen MR) is 140 cm³/mol. The van der Waals surface area contributed by atoms with E-state index in [4.69, 9.17) is 8.94 Å². The summed E-state index contributed by atoms with van der Waals surface area (Å²) in [6.07, 6.45) is 11.4. The fourth-order valence-electron chi connectivity index (χ4n) is 7.12. The van der Waals surface area contributed by atoms with Crippen LogP contribution in [0.2, 0.25) is 0 Å². The molecule has 3 aromatic rings. The number of aryl methyl sites for hydroxylation is 1. The molecule has 2 bridgehead atoms. The molecule has 5 saturated carbocycles. The van der Waals surface area contributed by atoms with Gasteiger partial charge in [0.25, 0.3) is 5.89 Å². The highest BCUT2D eigenvalue weighted by atomic mass is 16.5. The number of aromatic nitrogens is 3. The van der Waals surface area contributed by atoms with Gasteiger partial charge >= 0.3 is 0 Å². The molecular weight excluding hydrogens is 480 g/mol. The van der Waals surface area contributed by atoms with Crippen molar-refractivity contribution in [1.29, 1.82) is 0 Å². The Labute approximate surface area is 222 Å². The topological polar surface area (TPSA) is 105 Å². The molecule has 1 amide bonds. The number of hydrogen-bond donors (Lipinski definition) is 1. The summed E-state index contributed by atoms with van der Waals surface area (Å²) in [5.41, 5.74) is 1.06. The summed E-state index contributed by atoms with van der Waals surface area (Å²) in [6, 6.07) is 7.97. The van der Waals surface area contributed by atoms with E-state index in [1.165, 1.54) is 0 Å². The number of nitrogens with zero attached hydrogens (tertiary/aromatic N) is 4. The molecule has 8 nitrogen and oxygen atoms in total. The Bertz CT molecular complexity index is 1340.